The summed E-state index contributed by atoms with van der Waals surface area (Å²) >= 11 is 0. The number of unbranched alkanes of at least 4 members (excludes halogenated alkanes) is 1. The van der Waals surface area contributed by atoms with Gasteiger partial charge in [-0.25, -0.2) is 4.79 Å². The second-order valence-electron chi connectivity index (χ2n) is 6.57. The maximum Gasteiger partial charge on any atom is 0.326 e. The van der Waals surface area contributed by atoms with Gasteiger partial charge in [-0.3, -0.25) is 9.78 Å². The smallest absolute Gasteiger partial charge is 0.326 e. The maximum absolute atomic E-state index is 12.4. The monoisotopic (exact) mass is 349 g/mol. The number of carboxylic acids is 1. The Morgan fingerprint density at radius 1 is 1.40 bits per heavy atom. The van der Waals surface area contributed by atoms with Gasteiger partial charge in [0.25, 0.3) is 5.91 Å². The SMILES string of the molecule is CCCCC(NC(=O)c1cc(N2CC(C)OC(C)C2)ccn1)C(=O)O. The van der Waals surface area contributed by atoms with Crippen LogP contribution in [0.5, 0.6) is 0 Å². The zero-order valence-corrected chi connectivity index (χ0v) is 15.1. The van der Waals surface area contributed by atoms with E-state index in [1.807, 2.05) is 26.8 Å². The first-order chi connectivity index (χ1) is 11.9. The Labute approximate surface area is 148 Å². The lowest BCUT2D eigenvalue weighted by atomic mass is 10.1. The van der Waals surface area contributed by atoms with Crippen molar-refractivity contribution >= 4 is 17.6 Å². The van der Waals surface area contributed by atoms with Crippen molar-refractivity contribution in [2.45, 2.75) is 58.3 Å². The van der Waals surface area contributed by atoms with Gasteiger partial charge in [-0.05, 0) is 32.4 Å². The van der Waals surface area contributed by atoms with Crippen molar-refractivity contribution in [3.05, 3.63) is 24.0 Å². The standard InChI is InChI=1S/C18H27N3O4/c1-4-5-6-15(18(23)24)20-17(22)16-9-14(7-8-19-16)21-10-12(2)25-13(3)11-21/h7-9,12-13,15H,4-6,10-11H2,1-3H3,(H,20,22)(H,23,24). The van der Waals surface area contributed by atoms with E-state index in [4.69, 9.17) is 4.74 Å². The van der Waals surface area contributed by atoms with Crippen LogP contribution in [-0.4, -0.2) is 53.3 Å². The fourth-order valence-electron chi connectivity index (χ4n) is 3.03. The molecule has 138 valence electrons. The van der Waals surface area contributed by atoms with Crippen molar-refractivity contribution in [2.24, 2.45) is 0 Å². The summed E-state index contributed by atoms with van der Waals surface area (Å²) in [4.78, 5) is 30.0. The van der Waals surface area contributed by atoms with Crippen LogP contribution >= 0.6 is 0 Å². The topological polar surface area (TPSA) is 91.8 Å². The number of nitrogens with zero attached hydrogens (tertiary/aromatic N) is 2. The summed E-state index contributed by atoms with van der Waals surface area (Å²) in [5.41, 5.74) is 1.12. The molecule has 7 nitrogen and oxygen atoms in total. The molecule has 0 spiro atoms. The summed E-state index contributed by atoms with van der Waals surface area (Å²) in [6.45, 7) is 7.49. The number of nitrogens with one attached hydrogen (secondary N) is 1. The molecule has 1 aromatic rings. The molecule has 0 aromatic carbocycles. The summed E-state index contributed by atoms with van der Waals surface area (Å²) in [6.07, 6.45) is 3.83. The Morgan fingerprint density at radius 3 is 2.68 bits per heavy atom. The van der Waals surface area contributed by atoms with Crippen LogP contribution in [0.3, 0.4) is 0 Å². The average Bonchev–Trinajstić information content (AvgIpc) is 2.57. The van der Waals surface area contributed by atoms with Gasteiger partial charge in [-0.15, -0.1) is 0 Å². The lowest BCUT2D eigenvalue weighted by molar-refractivity contribution is -0.139. The highest BCUT2D eigenvalue weighted by Gasteiger charge is 2.24. The number of anilines is 1. The van der Waals surface area contributed by atoms with E-state index < -0.39 is 17.9 Å². The Hall–Kier alpha value is -2.15. The van der Waals surface area contributed by atoms with E-state index in [0.29, 0.717) is 6.42 Å². The van der Waals surface area contributed by atoms with Gasteiger partial charge in [-0.1, -0.05) is 19.8 Å². The Kier molecular flexibility index (Phi) is 6.75. The minimum Gasteiger partial charge on any atom is -0.480 e. The molecule has 0 saturated carbocycles. The van der Waals surface area contributed by atoms with Crippen LogP contribution < -0.4 is 10.2 Å². The van der Waals surface area contributed by atoms with Gasteiger partial charge in [0.1, 0.15) is 11.7 Å². The van der Waals surface area contributed by atoms with E-state index in [0.717, 1.165) is 31.6 Å². The van der Waals surface area contributed by atoms with Crippen LogP contribution in [0.1, 0.15) is 50.5 Å². The molecule has 1 aromatic heterocycles. The van der Waals surface area contributed by atoms with Crippen LogP contribution in [0.25, 0.3) is 0 Å². The van der Waals surface area contributed by atoms with E-state index in [1.165, 1.54) is 0 Å². The second-order valence-corrected chi connectivity index (χ2v) is 6.57. The number of hydrogen-bond donors (Lipinski definition) is 2. The minimum atomic E-state index is -1.02. The summed E-state index contributed by atoms with van der Waals surface area (Å²) in [5, 5.41) is 11.8. The quantitative estimate of drug-likeness (QED) is 0.783. The van der Waals surface area contributed by atoms with Crippen LogP contribution in [0.4, 0.5) is 5.69 Å². The largest absolute Gasteiger partial charge is 0.480 e. The first kappa shape index (κ1) is 19.2. The minimum absolute atomic E-state index is 0.111. The normalized spacial score (nSPS) is 21.6. The number of aromatic nitrogens is 1. The molecule has 3 unspecified atom stereocenters. The Morgan fingerprint density at radius 2 is 2.08 bits per heavy atom. The zero-order valence-electron chi connectivity index (χ0n) is 15.1. The summed E-state index contributed by atoms with van der Waals surface area (Å²) in [7, 11) is 0. The van der Waals surface area contributed by atoms with E-state index in [1.54, 1.807) is 12.3 Å². The number of rotatable bonds is 7. The molecule has 1 fully saturated rings. The fraction of sp³-hybridized carbons (Fsp3) is 0.611. The molecule has 25 heavy (non-hydrogen) atoms. The number of amides is 1. The predicted octanol–water partition coefficient (Wildman–Crippen LogP) is 2.07. The highest BCUT2D eigenvalue weighted by Crippen LogP contribution is 2.20. The van der Waals surface area contributed by atoms with E-state index >= 15 is 0 Å². The first-order valence-electron chi connectivity index (χ1n) is 8.80. The van der Waals surface area contributed by atoms with Gasteiger partial charge in [0.15, 0.2) is 0 Å². The fourth-order valence-corrected chi connectivity index (χ4v) is 3.03. The van der Waals surface area contributed by atoms with Crippen LogP contribution in [-0.2, 0) is 9.53 Å². The second kappa shape index (κ2) is 8.80. The lowest BCUT2D eigenvalue weighted by Gasteiger charge is -2.36. The van der Waals surface area contributed by atoms with Crippen LogP contribution in [0, 0.1) is 0 Å². The van der Waals surface area contributed by atoms with Gasteiger partial charge in [0, 0.05) is 25.0 Å². The zero-order chi connectivity index (χ0) is 18.4. The van der Waals surface area contributed by atoms with Crippen molar-refractivity contribution in [1.82, 2.24) is 10.3 Å². The summed E-state index contributed by atoms with van der Waals surface area (Å²) in [5.74, 6) is -1.48. The van der Waals surface area contributed by atoms with Gasteiger partial charge in [0.05, 0.1) is 12.2 Å². The molecule has 0 radical (unpaired) electrons. The molecule has 1 aliphatic rings. The van der Waals surface area contributed by atoms with Crippen LogP contribution in [0.2, 0.25) is 0 Å². The molecular formula is C18H27N3O4. The third-order valence-electron chi connectivity index (χ3n) is 4.21. The molecule has 2 heterocycles. The third kappa shape index (κ3) is 5.42. The average molecular weight is 349 g/mol. The van der Waals surface area contributed by atoms with Crippen molar-refractivity contribution in [3.63, 3.8) is 0 Å². The molecular weight excluding hydrogens is 322 g/mol. The van der Waals surface area contributed by atoms with Gasteiger partial charge >= 0.3 is 5.97 Å². The number of morpholine rings is 1. The summed E-state index contributed by atoms with van der Waals surface area (Å²) < 4.78 is 5.73. The Balaban J connectivity index is 2.09. The number of carbonyl (C=O) groups is 2. The van der Waals surface area contributed by atoms with Crippen molar-refractivity contribution in [2.75, 3.05) is 18.0 Å². The number of carboxylic acid groups (broad SMARTS) is 1. The van der Waals surface area contributed by atoms with Crippen molar-refractivity contribution in [3.8, 4) is 0 Å². The molecule has 1 amide bonds. The molecule has 3 atom stereocenters. The number of aliphatic carboxylic acids is 1. The number of carbonyl (C=O) groups excluding carboxylic acids is 1. The van der Waals surface area contributed by atoms with Crippen molar-refractivity contribution in [1.29, 1.82) is 0 Å². The molecule has 2 N–H and O–H groups in total. The van der Waals surface area contributed by atoms with E-state index in [2.05, 4.69) is 15.2 Å². The molecule has 0 bridgehead atoms. The van der Waals surface area contributed by atoms with Gasteiger partial charge < -0.3 is 20.1 Å². The van der Waals surface area contributed by atoms with Crippen molar-refractivity contribution < 1.29 is 19.4 Å². The molecule has 7 heteroatoms. The summed E-state index contributed by atoms with van der Waals surface area (Å²) in [6, 6.07) is 2.67. The predicted molar refractivity (Wildman–Crippen MR) is 94.9 cm³/mol. The van der Waals surface area contributed by atoms with Gasteiger partial charge in [0.2, 0.25) is 0 Å². The van der Waals surface area contributed by atoms with E-state index in [-0.39, 0.29) is 17.9 Å². The Bertz CT molecular complexity index is 598. The van der Waals surface area contributed by atoms with Crippen LogP contribution in [0.15, 0.2) is 18.3 Å². The first-order valence-corrected chi connectivity index (χ1v) is 8.80. The maximum atomic E-state index is 12.4. The third-order valence-corrected chi connectivity index (χ3v) is 4.21. The number of pyridine rings is 1. The number of ether oxygens (including phenoxy) is 1. The molecule has 2 rings (SSSR count). The number of hydrogen-bond acceptors (Lipinski definition) is 5. The van der Waals surface area contributed by atoms with Gasteiger partial charge in [-0.2, -0.15) is 0 Å². The molecule has 1 aliphatic heterocycles. The highest BCUT2D eigenvalue weighted by atomic mass is 16.5. The van der Waals surface area contributed by atoms with E-state index in [9.17, 15) is 14.7 Å². The lowest BCUT2D eigenvalue weighted by Crippen LogP contribution is -2.45. The molecule has 0 aliphatic carbocycles. The highest BCUT2D eigenvalue weighted by molar-refractivity contribution is 5.95. The molecule has 1 saturated heterocycles.